The number of hydrogen-bond acceptors (Lipinski definition) is 3. The van der Waals surface area contributed by atoms with Crippen LogP contribution in [0.2, 0.25) is 0 Å². The van der Waals surface area contributed by atoms with Crippen LogP contribution in [0.5, 0.6) is 5.75 Å². The molecule has 1 heterocycles. The van der Waals surface area contributed by atoms with Crippen LogP contribution in [-0.4, -0.2) is 25.0 Å². The van der Waals surface area contributed by atoms with Crippen molar-refractivity contribution in [2.45, 2.75) is 13.0 Å². The molecule has 0 bridgehead atoms. The molecule has 22 heavy (non-hydrogen) atoms. The maximum absolute atomic E-state index is 12.3. The molecule has 0 saturated carbocycles. The van der Waals surface area contributed by atoms with Crippen LogP contribution in [0.15, 0.2) is 51.6 Å². The number of carbonyl (C=O) groups is 1. The molecule has 0 radical (unpaired) electrons. The highest BCUT2D eigenvalue weighted by molar-refractivity contribution is 9.10. The van der Waals surface area contributed by atoms with Gasteiger partial charge in [-0.15, -0.1) is 0 Å². The van der Waals surface area contributed by atoms with E-state index in [1.54, 1.807) is 37.3 Å². The van der Waals surface area contributed by atoms with Gasteiger partial charge in [0.15, 0.2) is 4.67 Å². The summed E-state index contributed by atoms with van der Waals surface area (Å²) in [5.41, 5.74) is 0.968. The lowest BCUT2D eigenvalue weighted by molar-refractivity contribution is -0.126. The molecule has 1 unspecified atom stereocenters. The fourth-order valence-corrected chi connectivity index (χ4v) is 2.42. The summed E-state index contributed by atoms with van der Waals surface area (Å²) in [7, 11) is 3.39. The highest BCUT2D eigenvalue weighted by Crippen LogP contribution is 2.28. The van der Waals surface area contributed by atoms with E-state index in [-0.39, 0.29) is 11.9 Å². The van der Waals surface area contributed by atoms with Crippen LogP contribution in [0.3, 0.4) is 0 Å². The van der Waals surface area contributed by atoms with Gasteiger partial charge in [-0.2, -0.15) is 0 Å². The maximum Gasteiger partial charge on any atom is 0.246 e. The maximum atomic E-state index is 12.3. The molecule has 1 amide bonds. The van der Waals surface area contributed by atoms with Gasteiger partial charge in [-0.25, -0.2) is 0 Å². The molecular formula is C17H18BrNO3. The molecule has 116 valence electrons. The molecular weight excluding hydrogens is 346 g/mol. The molecule has 4 nitrogen and oxygen atoms in total. The molecule has 1 aromatic carbocycles. The number of para-hydroxylation sites is 1. The van der Waals surface area contributed by atoms with Gasteiger partial charge in [0, 0.05) is 18.7 Å². The van der Waals surface area contributed by atoms with E-state index >= 15 is 0 Å². The van der Waals surface area contributed by atoms with Crippen molar-refractivity contribution in [3.63, 3.8) is 0 Å². The van der Waals surface area contributed by atoms with Gasteiger partial charge < -0.3 is 14.1 Å². The fraction of sp³-hybridized carbons (Fsp3) is 0.235. The third-order valence-corrected chi connectivity index (χ3v) is 3.93. The summed E-state index contributed by atoms with van der Waals surface area (Å²) in [6.07, 6.45) is 3.15. The Labute approximate surface area is 138 Å². The topological polar surface area (TPSA) is 42.7 Å². The first kappa shape index (κ1) is 16.4. The zero-order valence-electron chi connectivity index (χ0n) is 12.7. The van der Waals surface area contributed by atoms with E-state index in [2.05, 4.69) is 15.9 Å². The van der Waals surface area contributed by atoms with Crippen LogP contribution in [0.4, 0.5) is 0 Å². The Balaban J connectivity index is 2.11. The quantitative estimate of drug-likeness (QED) is 0.744. The normalized spacial score (nSPS) is 12.4. The Morgan fingerprint density at radius 1 is 1.32 bits per heavy atom. The third-order valence-electron chi connectivity index (χ3n) is 3.50. The SMILES string of the molecule is COc1ccccc1C(C)N(C)C(=O)/C=C/c1ccc(Br)o1. The van der Waals surface area contributed by atoms with Crippen LogP contribution in [0.1, 0.15) is 24.3 Å². The number of carbonyl (C=O) groups excluding carboxylic acids is 1. The van der Waals surface area contributed by atoms with Crippen LogP contribution < -0.4 is 4.74 Å². The van der Waals surface area contributed by atoms with Crippen LogP contribution in [-0.2, 0) is 4.79 Å². The molecule has 0 fully saturated rings. The fourth-order valence-electron chi connectivity index (χ4n) is 2.10. The second-order valence-corrected chi connectivity index (χ2v) is 5.62. The Morgan fingerprint density at radius 2 is 2.05 bits per heavy atom. The number of benzene rings is 1. The lowest BCUT2D eigenvalue weighted by atomic mass is 10.1. The largest absolute Gasteiger partial charge is 0.496 e. The van der Waals surface area contributed by atoms with Gasteiger partial charge in [0.05, 0.1) is 13.2 Å². The van der Waals surface area contributed by atoms with E-state index < -0.39 is 0 Å². The number of nitrogens with zero attached hydrogens (tertiary/aromatic N) is 1. The number of halogens is 1. The third kappa shape index (κ3) is 3.80. The molecule has 0 spiro atoms. The van der Waals surface area contributed by atoms with Crippen molar-refractivity contribution in [1.29, 1.82) is 0 Å². The van der Waals surface area contributed by atoms with Gasteiger partial charge in [0.1, 0.15) is 11.5 Å². The summed E-state index contributed by atoms with van der Waals surface area (Å²) >= 11 is 3.23. The average molecular weight is 364 g/mol. The molecule has 2 aromatic rings. The molecule has 1 aromatic heterocycles. The molecule has 0 aliphatic rings. The van der Waals surface area contributed by atoms with Crippen molar-refractivity contribution in [3.8, 4) is 5.75 Å². The van der Waals surface area contributed by atoms with Crippen molar-refractivity contribution in [1.82, 2.24) is 4.90 Å². The highest BCUT2D eigenvalue weighted by atomic mass is 79.9. The predicted octanol–water partition coefficient (Wildman–Crippen LogP) is 4.28. The monoisotopic (exact) mass is 363 g/mol. The summed E-state index contributed by atoms with van der Waals surface area (Å²) in [6.45, 7) is 1.97. The Bertz CT molecular complexity index is 678. The van der Waals surface area contributed by atoms with Gasteiger partial charge in [0.2, 0.25) is 5.91 Å². The van der Waals surface area contributed by atoms with Crippen molar-refractivity contribution >= 4 is 27.9 Å². The number of ether oxygens (including phenoxy) is 1. The lowest BCUT2D eigenvalue weighted by Gasteiger charge is -2.25. The minimum absolute atomic E-state index is 0.100. The standard InChI is InChI=1S/C17H18BrNO3/c1-12(14-6-4-5-7-15(14)21-3)19(2)17(20)11-9-13-8-10-16(18)22-13/h4-12H,1-3H3/b11-9+. The highest BCUT2D eigenvalue weighted by Gasteiger charge is 2.18. The molecule has 5 heteroatoms. The number of furan rings is 1. The summed E-state index contributed by atoms with van der Waals surface area (Å²) < 4.78 is 11.3. The first-order chi connectivity index (χ1) is 10.5. The van der Waals surface area contributed by atoms with E-state index in [1.165, 1.54) is 6.08 Å². The second-order valence-electron chi connectivity index (χ2n) is 4.84. The average Bonchev–Trinajstić information content (AvgIpc) is 2.96. The molecule has 0 saturated heterocycles. The van der Waals surface area contributed by atoms with Gasteiger partial charge in [-0.05, 0) is 47.1 Å². The predicted molar refractivity (Wildman–Crippen MR) is 89.6 cm³/mol. The first-order valence-corrected chi connectivity index (χ1v) is 7.65. The molecule has 2 rings (SSSR count). The van der Waals surface area contributed by atoms with Gasteiger partial charge in [0.25, 0.3) is 0 Å². The van der Waals surface area contributed by atoms with Crippen LogP contribution in [0, 0.1) is 0 Å². The van der Waals surface area contributed by atoms with E-state index in [9.17, 15) is 4.79 Å². The zero-order valence-corrected chi connectivity index (χ0v) is 14.3. The minimum atomic E-state index is -0.106. The first-order valence-electron chi connectivity index (χ1n) is 6.86. The number of hydrogen-bond donors (Lipinski definition) is 0. The van der Waals surface area contributed by atoms with Crippen LogP contribution in [0.25, 0.3) is 6.08 Å². The molecule has 0 N–H and O–H groups in total. The summed E-state index contributed by atoms with van der Waals surface area (Å²) in [5, 5.41) is 0. The number of amides is 1. The lowest BCUT2D eigenvalue weighted by Crippen LogP contribution is -2.28. The molecule has 1 atom stereocenters. The van der Waals surface area contributed by atoms with Crippen molar-refractivity contribution in [2.24, 2.45) is 0 Å². The van der Waals surface area contributed by atoms with E-state index in [0.29, 0.717) is 10.4 Å². The van der Waals surface area contributed by atoms with Crippen molar-refractivity contribution in [2.75, 3.05) is 14.2 Å². The Hall–Kier alpha value is -2.01. The van der Waals surface area contributed by atoms with E-state index in [4.69, 9.17) is 9.15 Å². The number of methoxy groups -OCH3 is 1. The van der Waals surface area contributed by atoms with E-state index in [0.717, 1.165) is 11.3 Å². The minimum Gasteiger partial charge on any atom is -0.496 e. The number of likely N-dealkylation sites (N-methyl/N-ethyl adjacent to an activating group) is 1. The Kier molecular flexibility index (Phi) is 5.44. The zero-order chi connectivity index (χ0) is 16.1. The summed E-state index contributed by atoms with van der Waals surface area (Å²) in [4.78, 5) is 13.9. The van der Waals surface area contributed by atoms with Gasteiger partial charge >= 0.3 is 0 Å². The summed E-state index contributed by atoms with van der Waals surface area (Å²) in [6, 6.07) is 11.2. The van der Waals surface area contributed by atoms with Gasteiger partial charge in [-0.3, -0.25) is 4.79 Å². The number of rotatable bonds is 5. The summed E-state index contributed by atoms with van der Waals surface area (Å²) in [5.74, 6) is 1.29. The Morgan fingerprint density at radius 3 is 2.68 bits per heavy atom. The smallest absolute Gasteiger partial charge is 0.246 e. The van der Waals surface area contributed by atoms with Gasteiger partial charge in [-0.1, -0.05) is 18.2 Å². The van der Waals surface area contributed by atoms with Crippen LogP contribution >= 0.6 is 15.9 Å². The molecule has 0 aliphatic heterocycles. The second kappa shape index (κ2) is 7.31. The van der Waals surface area contributed by atoms with Crippen molar-refractivity contribution in [3.05, 3.63) is 58.5 Å². The van der Waals surface area contributed by atoms with Crippen molar-refractivity contribution < 1.29 is 13.9 Å². The van der Waals surface area contributed by atoms with E-state index in [1.807, 2.05) is 31.2 Å². The molecule has 0 aliphatic carbocycles.